The van der Waals surface area contributed by atoms with Crippen LogP contribution in [0.25, 0.3) is 11.3 Å². The van der Waals surface area contributed by atoms with Crippen molar-refractivity contribution in [2.45, 2.75) is 92.9 Å². The number of nitrogen functional groups attached to an aromatic ring is 1. The molecule has 0 aliphatic carbocycles. The summed E-state index contributed by atoms with van der Waals surface area (Å²) >= 11 is 0. The molecule has 0 atom stereocenters. The fourth-order valence-electron chi connectivity index (χ4n) is 5.35. The fraction of sp³-hybridized carbons (Fsp3) is 0.378. The first-order chi connectivity index (χ1) is 24.7. The Morgan fingerprint density at radius 3 is 2.17 bits per heavy atom. The van der Waals surface area contributed by atoms with Crippen molar-refractivity contribution in [3.05, 3.63) is 130 Å². The van der Waals surface area contributed by atoms with E-state index in [9.17, 15) is 8.78 Å². The number of hydrogen-bond donors (Lipinski definition) is 3. The van der Waals surface area contributed by atoms with Gasteiger partial charge in [0.05, 0.1) is 12.4 Å². The fourth-order valence-corrected chi connectivity index (χ4v) is 5.35. The molecular formula is C45H61F2N5. The van der Waals surface area contributed by atoms with Crippen LogP contribution in [0.4, 0.5) is 14.5 Å². The molecule has 7 heteroatoms. The monoisotopic (exact) mass is 709 g/mol. The van der Waals surface area contributed by atoms with Crippen LogP contribution in [-0.2, 0) is 24.7 Å². The summed E-state index contributed by atoms with van der Waals surface area (Å²) in [6.45, 7) is 22.0. The minimum absolute atomic E-state index is 0.162. The van der Waals surface area contributed by atoms with Gasteiger partial charge in [-0.05, 0) is 110 Å². The first-order valence-electron chi connectivity index (χ1n) is 18.0. The van der Waals surface area contributed by atoms with E-state index in [1.54, 1.807) is 24.5 Å². The number of nitrogens with two attached hydrogens (primary N) is 2. The minimum atomic E-state index is -0.319. The number of pyridine rings is 1. The molecule has 1 aromatic heterocycles. The highest BCUT2D eigenvalue weighted by molar-refractivity contribution is 5.88. The Bertz CT molecular complexity index is 1700. The molecule has 0 saturated heterocycles. The van der Waals surface area contributed by atoms with E-state index < -0.39 is 0 Å². The minimum Gasteiger partial charge on any atom is -0.398 e. The Hall–Kier alpha value is -4.96. The van der Waals surface area contributed by atoms with Crippen molar-refractivity contribution < 1.29 is 8.78 Å². The third-order valence-electron chi connectivity index (χ3n) is 8.05. The van der Waals surface area contributed by atoms with Crippen LogP contribution in [0.3, 0.4) is 0 Å². The Morgan fingerprint density at radius 1 is 0.981 bits per heavy atom. The Labute approximate surface area is 313 Å². The molecule has 0 amide bonds. The van der Waals surface area contributed by atoms with E-state index in [2.05, 4.69) is 107 Å². The van der Waals surface area contributed by atoms with Crippen molar-refractivity contribution in [3.8, 4) is 23.7 Å². The molecule has 0 spiro atoms. The van der Waals surface area contributed by atoms with Crippen LogP contribution < -0.4 is 16.8 Å². The van der Waals surface area contributed by atoms with Crippen LogP contribution in [0.2, 0.25) is 0 Å². The van der Waals surface area contributed by atoms with Gasteiger partial charge in [0.1, 0.15) is 5.82 Å². The quantitative estimate of drug-likeness (QED) is 0.0449. The zero-order chi connectivity index (χ0) is 39.1. The number of aliphatic imine (C=N–C) groups is 1. The summed E-state index contributed by atoms with van der Waals surface area (Å²) in [5, 5.41) is 3.16. The number of benzene rings is 3. The molecule has 0 fully saturated rings. The van der Waals surface area contributed by atoms with Gasteiger partial charge in [-0.25, -0.2) is 4.39 Å². The van der Waals surface area contributed by atoms with Crippen LogP contribution >= 0.6 is 0 Å². The third kappa shape index (κ3) is 16.4. The van der Waals surface area contributed by atoms with E-state index in [0.717, 1.165) is 66.0 Å². The van der Waals surface area contributed by atoms with Crippen LogP contribution in [0.15, 0.2) is 84.5 Å². The van der Waals surface area contributed by atoms with Gasteiger partial charge in [0.2, 0.25) is 0 Å². The van der Waals surface area contributed by atoms with Crippen LogP contribution in [0.5, 0.6) is 0 Å². The van der Waals surface area contributed by atoms with E-state index in [-0.39, 0.29) is 17.9 Å². The Morgan fingerprint density at radius 2 is 1.65 bits per heavy atom. The standard InChI is InChI=1S/C23H32N2.C13H19FN2.C7H7F.C2H3N/c1-7-9-21-17(3)16-20(14-15-24-8-2)25-22(21)18-10-12-19(13-11-18)23(4,5)6;1-3-11-7-10(2)8-12(13(11)15)9-16-6-4-5-14;1-6-3-2-4-7(8)5-6;1-2-3/h8,10-13,16,24H,2,7,9,14-15H2,1,3-6H3;7-9H,3-6,15H2,1-2H3;2-5H,1H3;1H,3H2. The van der Waals surface area contributed by atoms with Gasteiger partial charge in [0.15, 0.2) is 0 Å². The maximum atomic E-state index is 12.2. The average Bonchev–Trinajstić information content (AvgIpc) is 3.09. The number of anilines is 1. The molecule has 5 N–H and O–H groups in total. The summed E-state index contributed by atoms with van der Waals surface area (Å²) in [6.07, 6.45) is 12.4. The summed E-state index contributed by atoms with van der Waals surface area (Å²) in [4.78, 5) is 9.18. The predicted molar refractivity (Wildman–Crippen MR) is 221 cm³/mol. The summed E-state index contributed by atoms with van der Waals surface area (Å²) in [5.74, 6) is -0.162. The second-order valence-electron chi connectivity index (χ2n) is 13.6. The SMILES string of the molecule is C#CN.C=CNCCc1cc(C)c(CCC)c(-c2ccc(C(C)(C)C)cc2)n1.CCc1cc(C)cc(C=NCCCF)c1N.Cc1cccc(F)c1. The number of nitrogens with zero attached hydrogens (tertiary/aromatic N) is 2. The topological polar surface area (TPSA) is 89.3 Å². The molecule has 4 rings (SSSR count). The molecule has 5 nitrogen and oxygen atoms in total. The smallest absolute Gasteiger partial charge is 0.123 e. The van der Waals surface area contributed by atoms with Gasteiger partial charge in [0.25, 0.3) is 0 Å². The second-order valence-corrected chi connectivity index (χ2v) is 13.6. The predicted octanol–water partition coefficient (Wildman–Crippen LogP) is 10.2. The Kier molecular flexibility index (Phi) is 21.0. The summed E-state index contributed by atoms with van der Waals surface area (Å²) < 4.78 is 24.0. The molecule has 52 heavy (non-hydrogen) atoms. The maximum Gasteiger partial charge on any atom is 0.123 e. The zero-order valence-electron chi connectivity index (χ0n) is 32.8. The Balaban J connectivity index is 0.000000424. The highest BCUT2D eigenvalue weighted by atomic mass is 19.1. The number of rotatable bonds is 12. The first kappa shape index (κ1) is 45.1. The number of alkyl halides is 1. The van der Waals surface area contributed by atoms with Gasteiger partial charge in [0, 0.05) is 48.2 Å². The van der Waals surface area contributed by atoms with Crippen molar-refractivity contribution in [3.63, 3.8) is 0 Å². The van der Waals surface area contributed by atoms with E-state index in [4.69, 9.17) is 10.7 Å². The lowest BCUT2D eigenvalue weighted by molar-refractivity contribution is 0.478. The third-order valence-corrected chi connectivity index (χ3v) is 8.05. The lowest BCUT2D eigenvalue weighted by Crippen LogP contribution is -2.12. The van der Waals surface area contributed by atoms with Gasteiger partial charge >= 0.3 is 0 Å². The van der Waals surface area contributed by atoms with Crippen molar-refractivity contribution >= 4 is 11.9 Å². The van der Waals surface area contributed by atoms with Gasteiger partial charge in [-0.2, -0.15) is 0 Å². The molecule has 280 valence electrons. The molecule has 3 aromatic carbocycles. The first-order valence-corrected chi connectivity index (χ1v) is 18.0. The van der Waals surface area contributed by atoms with Crippen LogP contribution in [-0.4, -0.2) is 31.0 Å². The lowest BCUT2D eigenvalue weighted by atomic mass is 9.86. The van der Waals surface area contributed by atoms with E-state index in [0.29, 0.717) is 13.0 Å². The number of hydrogen-bond acceptors (Lipinski definition) is 5. The van der Waals surface area contributed by atoms with Crippen molar-refractivity contribution in [1.82, 2.24) is 10.3 Å². The largest absolute Gasteiger partial charge is 0.398 e. The van der Waals surface area contributed by atoms with E-state index in [1.165, 1.54) is 39.9 Å². The molecule has 0 radical (unpaired) electrons. The molecule has 0 aliphatic rings. The maximum absolute atomic E-state index is 12.2. The summed E-state index contributed by atoms with van der Waals surface area (Å²) in [7, 11) is 0. The molecule has 4 aromatic rings. The lowest BCUT2D eigenvalue weighted by Gasteiger charge is -2.20. The summed E-state index contributed by atoms with van der Waals surface area (Å²) in [5.41, 5.74) is 23.2. The summed E-state index contributed by atoms with van der Waals surface area (Å²) in [6, 6.07) is 23.5. The average molecular weight is 710 g/mol. The second kappa shape index (κ2) is 24.3. The number of terminal acetylenes is 1. The van der Waals surface area contributed by atoms with Gasteiger partial charge in [-0.3, -0.25) is 14.4 Å². The van der Waals surface area contributed by atoms with Crippen LogP contribution in [0, 0.1) is 39.1 Å². The van der Waals surface area contributed by atoms with E-state index in [1.807, 2.05) is 26.0 Å². The number of nitrogens with one attached hydrogen (secondary N) is 1. The normalized spacial score (nSPS) is 10.5. The van der Waals surface area contributed by atoms with Crippen LogP contribution in [0.1, 0.15) is 92.1 Å². The number of halogens is 2. The molecule has 0 saturated carbocycles. The van der Waals surface area contributed by atoms with Gasteiger partial charge < -0.3 is 16.8 Å². The van der Waals surface area contributed by atoms with Crippen molar-refractivity contribution in [2.75, 3.05) is 25.5 Å². The number of aromatic nitrogens is 1. The van der Waals surface area contributed by atoms with E-state index >= 15 is 0 Å². The number of aryl methyl sites for hydroxylation is 4. The zero-order valence-corrected chi connectivity index (χ0v) is 32.8. The van der Waals surface area contributed by atoms with Gasteiger partial charge in [-0.15, -0.1) is 0 Å². The molecule has 1 heterocycles. The highest BCUT2D eigenvalue weighted by Gasteiger charge is 2.16. The highest BCUT2D eigenvalue weighted by Crippen LogP contribution is 2.29. The molecule has 0 unspecified atom stereocenters. The van der Waals surface area contributed by atoms with Crippen molar-refractivity contribution in [2.24, 2.45) is 10.7 Å². The molecule has 0 bridgehead atoms. The van der Waals surface area contributed by atoms with Crippen molar-refractivity contribution in [1.29, 1.82) is 0 Å². The van der Waals surface area contributed by atoms with Gasteiger partial charge in [-0.1, -0.05) is 102 Å². The molecular weight excluding hydrogens is 649 g/mol. The molecule has 0 aliphatic heterocycles.